The Hall–Kier alpha value is -2.70. The minimum atomic E-state index is -0.352. The van der Waals surface area contributed by atoms with Crippen LogP contribution in [0.4, 0.5) is 4.39 Å². The molecule has 0 saturated carbocycles. The first-order valence-electron chi connectivity index (χ1n) is 8.31. The largest absolute Gasteiger partial charge is 0.369 e. The summed E-state index contributed by atoms with van der Waals surface area (Å²) in [5, 5.41) is 3.79. The van der Waals surface area contributed by atoms with Gasteiger partial charge in [0, 0.05) is 30.6 Å². The maximum Gasteiger partial charge on any atom is 0.222 e. The number of hydrogen-bond acceptors (Lipinski definition) is 4. The SMILES string of the molecule is NC(=O)C1CCCN(C(=O)CCc2cnoc2-c2ccc(F)cc2)C1. The molecule has 0 aliphatic carbocycles. The summed E-state index contributed by atoms with van der Waals surface area (Å²) >= 11 is 0. The quantitative estimate of drug-likeness (QED) is 0.899. The summed E-state index contributed by atoms with van der Waals surface area (Å²) in [5.74, 6) is -0.411. The lowest BCUT2D eigenvalue weighted by Gasteiger charge is -2.31. The molecule has 1 saturated heterocycles. The number of primary amides is 1. The minimum Gasteiger partial charge on any atom is -0.369 e. The third-order valence-electron chi connectivity index (χ3n) is 4.54. The molecule has 132 valence electrons. The number of carbonyl (C=O) groups excluding carboxylic acids is 2. The Kier molecular flexibility index (Phi) is 5.11. The number of aryl methyl sites for hydroxylation is 1. The molecule has 3 rings (SSSR count). The zero-order valence-electron chi connectivity index (χ0n) is 13.8. The number of benzene rings is 1. The second kappa shape index (κ2) is 7.46. The normalized spacial score (nSPS) is 17.5. The number of carbonyl (C=O) groups is 2. The number of piperidine rings is 1. The van der Waals surface area contributed by atoms with Gasteiger partial charge in [-0.05, 0) is 43.5 Å². The van der Waals surface area contributed by atoms with Gasteiger partial charge in [0.2, 0.25) is 11.8 Å². The highest BCUT2D eigenvalue weighted by molar-refractivity contribution is 5.80. The van der Waals surface area contributed by atoms with Gasteiger partial charge >= 0.3 is 0 Å². The maximum atomic E-state index is 13.0. The zero-order valence-corrected chi connectivity index (χ0v) is 13.8. The van der Waals surface area contributed by atoms with E-state index in [4.69, 9.17) is 10.3 Å². The number of aromatic nitrogens is 1. The highest BCUT2D eigenvalue weighted by Gasteiger charge is 2.27. The predicted octanol–water partition coefficient (Wildman–Crippen LogP) is 2.14. The number of hydrogen-bond donors (Lipinski definition) is 1. The maximum absolute atomic E-state index is 13.0. The molecule has 1 aliphatic heterocycles. The van der Waals surface area contributed by atoms with Crippen molar-refractivity contribution in [2.75, 3.05) is 13.1 Å². The Morgan fingerprint density at radius 1 is 1.32 bits per heavy atom. The van der Waals surface area contributed by atoms with Crippen molar-refractivity contribution in [3.05, 3.63) is 41.8 Å². The third-order valence-corrected chi connectivity index (χ3v) is 4.54. The van der Waals surface area contributed by atoms with Crippen molar-refractivity contribution in [3.63, 3.8) is 0 Å². The van der Waals surface area contributed by atoms with E-state index in [-0.39, 0.29) is 23.5 Å². The molecular weight excluding hydrogens is 325 g/mol. The second-order valence-corrected chi connectivity index (χ2v) is 6.27. The van der Waals surface area contributed by atoms with Gasteiger partial charge in [-0.15, -0.1) is 0 Å². The smallest absolute Gasteiger partial charge is 0.222 e. The van der Waals surface area contributed by atoms with Crippen LogP contribution in [-0.2, 0) is 16.0 Å². The van der Waals surface area contributed by atoms with Crippen molar-refractivity contribution >= 4 is 11.8 Å². The van der Waals surface area contributed by atoms with Crippen molar-refractivity contribution in [1.82, 2.24) is 10.1 Å². The molecule has 2 aromatic rings. The molecule has 1 fully saturated rings. The highest BCUT2D eigenvalue weighted by Crippen LogP contribution is 2.25. The molecule has 6 nitrogen and oxygen atoms in total. The molecule has 1 aliphatic rings. The van der Waals surface area contributed by atoms with Gasteiger partial charge in [-0.2, -0.15) is 0 Å². The van der Waals surface area contributed by atoms with Gasteiger partial charge in [0.05, 0.1) is 12.1 Å². The van der Waals surface area contributed by atoms with Crippen LogP contribution in [0.25, 0.3) is 11.3 Å². The molecule has 2 heterocycles. The van der Waals surface area contributed by atoms with E-state index in [9.17, 15) is 14.0 Å². The molecule has 1 unspecified atom stereocenters. The first kappa shape index (κ1) is 17.1. The first-order valence-corrected chi connectivity index (χ1v) is 8.31. The summed E-state index contributed by atoms with van der Waals surface area (Å²) in [5.41, 5.74) is 6.86. The number of rotatable bonds is 5. The standard InChI is InChI=1S/C18H20FN3O3/c19-15-6-3-12(4-7-15)17-13(10-21-25-17)5-8-16(23)22-9-1-2-14(11-22)18(20)24/h3-4,6-7,10,14H,1-2,5,8-9,11H2,(H2,20,24). The van der Waals surface area contributed by atoms with Crippen LogP contribution in [-0.4, -0.2) is 35.0 Å². The molecule has 7 heteroatoms. The summed E-state index contributed by atoms with van der Waals surface area (Å²) in [4.78, 5) is 25.5. The van der Waals surface area contributed by atoms with Gasteiger partial charge in [0.1, 0.15) is 5.82 Å². The third kappa shape index (κ3) is 4.04. The van der Waals surface area contributed by atoms with Crippen LogP contribution in [0.2, 0.25) is 0 Å². The van der Waals surface area contributed by atoms with Crippen molar-refractivity contribution in [2.24, 2.45) is 11.7 Å². The summed E-state index contributed by atoms with van der Waals surface area (Å²) < 4.78 is 18.3. The van der Waals surface area contributed by atoms with Gasteiger partial charge < -0.3 is 15.2 Å². The van der Waals surface area contributed by atoms with E-state index in [0.29, 0.717) is 37.3 Å². The number of likely N-dealkylation sites (tertiary alicyclic amines) is 1. The van der Waals surface area contributed by atoms with Crippen LogP contribution in [0.5, 0.6) is 0 Å². The summed E-state index contributed by atoms with van der Waals surface area (Å²) in [6, 6.07) is 5.93. The van der Waals surface area contributed by atoms with Gasteiger partial charge in [0.15, 0.2) is 5.76 Å². The van der Waals surface area contributed by atoms with E-state index in [1.165, 1.54) is 12.1 Å². The number of amides is 2. The number of nitrogens with two attached hydrogens (primary N) is 1. The van der Waals surface area contributed by atoms with E-state index < -0.39 is 0 Å². The predicted molar refractivity (Wildman–Crippen MR) is 88.7 cm³/mol. The van der Waals surface area contributed by atoms with Gasteiger partial charge in [-0.1, -0.05) is 5.16 Å². The van der Waals surface area contributed by atoms with E-state index >= 15 is 0 Å². The van der Waals surface area contributed by atoms with Crippen LogP contribution in [0, 0.1) is 11.7 Å². The fraction of sp³-hybridized carbons (Fsp3) is 0.389. The molecule has 1 aromatic carbocycles. The summed E-state index contributed by atoms with van der Waals surface area (Å²) in [6.45, 7) is 1.04. The van der Waals surface area contributed by atoms with Gasteiger partial charge in [-0.3, -0.25) is 9.59 Å². The summed E-state index contributed by atoms with van der Waals surface area (Å²) in [6.07, 6.45) is 3.86. The van der Waals surface area contributed by atoms with Crippen molar-refractivity contribution in [3.8, 4) is 11.3 Å². The molecule has 0 radical (unpaired) electrons. The highest BCUT2D eigenvalue weighted by atomic mass is 19.1. The Bertz CT molecular complexity index is 757. The van der Waals surface area contributed by atoms with Crippen LogP contribution in [0.15, 0.2) is 35.0 Å². The van der Waals surface area contributed by atoms with E-state index in [0.717, 1.165) is 18.4 Å². The fourth-order valence-electron chi connectivity index (χ4n) is 3.11. The summed E-state index contributed by atoms with van der Waals surface area (Å²) in [7, 11) is 0. The zero-order chi connectivity index (χ0) is 17.8. The molecule has 0 spiro atoms. The Morgan fingerprint density at radius 3 is 2.80 bits per heavy atom. The Labute approximate surface area is 144 Å². The lowest BCUT2D eigenvalue weighted by molar-refractivity contribution is -0.134. The minimum absolute atomic E-state index is 0.0165. The molecule has 0 bridgehead atoms. The van der Waals surface area contributed by atoms with Crippen LogP contribution in [0.3, 0.4) is 0 Å². The molecule has 2 amide bonds. The van der Waals surface area contributed by atoms with Crippen LogP contribution in [0.1, 0.15) is 24.8 Å². The second-order valence-electron chi connectivity index (χ2n) is 6.27. The van der Waals surface area contributed by atoms with Gasteiger partial charge in [-0.25, -0.2) is 4.39 Å². The lowest BCUT2D eigenvalue weighted by Crippen LogP contribution is -2.44. The molecular formula is C18H20FN3O3. The van der Waals surface area contributed by atoms with Crippen molar-refractivity contribution in [2.45, 2.75) is 25.7 Å². The fourth-order valence-corrected chi connectivity index (χ4v) is 3.11. The number of nitrogens with zero attached hydrogens (tertiary/aromatic N) is 2. The van der Waals surface area contributed by atoms with E-state index in [2.05, 4.69) is 5.16 Å². The average Bonchev–Trinajstić information content (AvgIpc) is 3.09. The Morgan fingerprint density at radius 2 is 2.08 bits per heavy atom. The lowest BCUT2D eigenvalue weighted by atomic mass is 9.97. The van der Waals surface area contributed by atoms with Crippen LogP contribution < -0.4 is 5.73 Å². The average molecular weight is 345 g/mol. The molecule has 2 N–H and O–H groups in total. The monoisotopic (exact) mass is 345 g/mol. The van der Waals surface area contributed by atoms with Crippen LogP contribution >= 0.6 is 0 Å². The number of halogens is 1. The van der Waals surface area contributed by atoms with Gasteiger partial charge in [0.25, 0.3) is 0 Å². The van der Waals surface area contributed by atoms with Crippen molar-refractivity contribution < 1.29 is 18.5 Å². The molecule has 25 heavy (non-hydrogen) atoms. The topological polar surface area (TPSA) is 89.4 Å². The van der Waals surface area contributed by atoms with E-state index in [1.54, 1.807) is 23.2 Å². The molecule has 1 aromatic heterocycles. The van der Waals surface area contributed by atoms with Crippen molar-refractivity contribution in [1.29, 1.82) is 0 Å². The molecule has 1 atom stereocenters. The Balaban J connectivity index is 1.62. The first-order chi connectivity index (χ1) is 12.0. The van der Waals surface area contributed by atoms with E-state index in [1.807, 2.05) is 0 Å².